The Labute approximate surface area is 142 Å². The minimum absolute atomic E-state index is 0.0133. The molecule has 24 heavy (non-hydrogen) atoms. The number of halogens is 1. The largest absolute Gasteiger partial charge is 0.496 e. The van der Waals surface area contributed by atoms with Crippen molar-refractivity contribution in [2.24, 2.45) is 0 Å². The molecule has 7 heteroatoms. The van der Waals surface area contributed by atoms with Crippen molar-refractivity contribution < 1.29 is 14.5 Å². The average Bonchev–Trinajstić information content (AvgIpc) is 2.81. The number of nitrogens with zero attached hydrogens (tertiary/aromatic N) is 1. The molecule has 0 saturated heterocycles. The number of carbonyl (C=O) groups excluding carboxylic acids is 1. The molecule has 0 bridgehead atoms. The monoisotopic (exact) mass is 344 g/mol. The number of nitrogens with one attached hydrogen (secondary N) is 1. The lowest BCUT2D eigenvalue weighted by atomic mass is 10.0. The first kappa shape index (κ1) is 16.0. The maximum Gasteiger partial charge on any atom is 0.288 e. The molecule has 2 aromatic carbocycles. The number of hydrogen-bond donors (Lipinski definition) is 1. The molecule has 2 aromatic rings. The van der Waals surface area contributed by atoms with E-state index in [-0.39, 0.29) is 16.6 Å². The second kappa shape index (κ2) is 5.98. The van der Waals surface area contributed by atoms with Crippen LogP contribution in [0.5, 0.6) is 5.75 Å². The van der Waals surface area contributed by atoms with Crippen molar-refractivity contribution in [3.63, 3.8) is 0 Å². The Hall–Kier alpha value is -2.86. The lowest BCUT2D eigenvalue weighted by Crippen LogP contribution is -2.03. The van der Waals surface area contributed by atoms with Gasteiger partial charge in [-0.1, -0.05) is 17.7 Å². The molecule has 1 amide bonds. The number of hydrogen-bond acceptors (Lipinski definition) is 4. The summed E-state index contributed by atoms with van der Waals surface area (Å²) in [5, 5.41) is 13.7. The predicted molar refractivity (Wildman–Crippen MR) is 92.3 cm³/mol. The Balaban J connectivity index is 2.10. The smallest absolute Gasteiger partial charge is 0.288 e. The zero-order valence-electron chi connectivity index (χ0n) is 12.9. The van der Waals surface area contributed by atoms with E-state index in [1.807, 2.05) is 19.1 Å². The second-order valence-corrected chi connectivity index (χ2v) is 5.75. The summed E-state index contributed by atoms with van der Waals surface area (Å²) in [6, 6.07) is 8.21. The van der Waals surface area contributed by atoms with Gasteiger partial charge in [-0.25, -0.2) is 0 Å². The van der Waals surface area contributed by atoms with Crippen LogP contribution in [0.1, 0.15) is 16.7 Å². The van der Waals surface area contributed by atoms with Crippen LogP contribution in [0, 0.1) is 17.0 Å². The van der Waals surface area contributed by atoms with E-state index in [2.05, 4.69) is 5.32 Å². The van der Waals surface area contributed by atoms with Crippen molar-refractivity contribution in [2.45, 2.75) is 6.92 Å². The fraction of sp³-hybridized carbons (Fsp3) is 0.118. The number of carbonyl (C=O) groups is 1. The number of methoxy groups -OCH3 is 1. The van der Waals surface area contributed by atoms with Gasteiger partial charge in [-0.15, -0.1) is 0 Å². The van der Waals surface area contributed by atoms with Crippen LogP contribution in [0.2, 0.25) is 5.02 Å². The van der Waals surface area contributed by atoms with Crippen molar-refractivity contribution in [1.82, 2.24) is 0 Å². The highest BCUT2D eigenvalue weighted by atomic mass is 35.5. The van der Waals surface area contributed by atoms with Crippen molar-refractivity contribution in [3.05, 3.63) is 62.2 Å². The third-order valence-electron chi connectivity index (χ3n) is 3.80. The van der Waals surface area contributed by atoms with Crippen LogP contribution in [-0.2, 0) is 4.79 Å². The molecule has 0 aromatic heterocycles. The summed E-state index contributed by atoms with van der Waals surface area (Å²) in [5.41, 5.74) is 2.77. The Morgan fingerprint density at radius 2 is 2.04 bits per heavy atom. The average molecular weight is 345 g/mol. The summed E-state index contributed by atoms with van der Waals surface area (Å²) < 4.78 is 5.21. The quantitative estimate of drug-likeness (QED) is 0.517. The van der Waals surface area contributed by atoms with Gasteiger partial charge in [0.2, 0.25) is 0 Å². The number of nitro benzene ring substituents is 1. The van der Waals surface area contributed by atoms with Gasteiger partial charge in [-0.05, 0) is 42.3 Å². The second-order valence-electron chi connectivity index (χ2n) is 5.35. The van der Waals surface area contributed by atoms with Gasteiger partial charge < -0.3 is 10.1 Å². The number of anilines is 1. The van der Waals surface area contributed by atoms with Crippen LogP contribution in [0.15, 0.2) is 30.3 Å². The molecule has 0 spiro atoms. The van der Waals surface area contributed by atoms with Crippen molar-refractivity contribution in [2.75, 3.05) is 12.4 Å². The summed E-state index contributed by atoms with van der Waals surface area (Å²) in [7, 11) is 1.59. The van der Waals surface area contributed by atoms with E-state index in [0.717, 1.165) is 16.9 Å². The molecular weight excluding hydrogens is 332 g/mol. The van der Waals surface area contributed by atoms with E-state index >= 15 is 0 Å². The Bertz CT molecular complexity index is 906. The lowest BCUT2D eigenvalue weighted by Gasteiger charge is -2.05. The van der Waals surface area contributed by atoms with E-state index in [4.69, 9.17) is 16.3 Å². The van der Waals surface area contributed by atoms with E-state index < -0.39 is 4.92 Å². The van der Waals surface area contributed by atoms with Gasteiger partial charge in [0.1, 0.15) is 10.8 Å². The maximum atomic E-state index is 12.2. The van der Waals surface area contributed by atoms with Gasteiger partial charge in [0, 0.05) is 17.2 Å². The molecule has 0 saturated carbocycles. The molecule has 0 fully saturated rings. The molecule has 0 radical (unpaired) electrons. The number of amides is 1. The molecule has 122 valence electrons. The third-order valence-corrected chi connectivity index (χ3v) is 4.10. The molecule has 3 rings (SSSR count). The first-order chi connectivity index (χ1) is 11.4. The molecule has 0 unspecified atom stereocenters. The van der Waals surface area contributed by atoms with Crippen LogP contribution in [-0.4, -0.2) is 17.9 Å². The summed E-state index contributed by atoms with van der Waals surface area (Å²) in [6.07, 6.45) is 1.69. The van der Waals surface area contributed by atoms with Crippen LogP contribution in [0.3, 0.4) is 0 Å². The van der Waals surface area contributed by atoms with Crippen LogP contribution < -0.4 is 10.1 Å². The summed E-state index contributed by atoms with van der Waals surface area (Å²) >= 11 is 5.89. The highest BCUT2D eigenvalue weighted by Gasteiger charge is 2.28. The number of fused-ring (bicyclic) bond motifs is 1. The first-order valence-corrected chi connectivity index (χ1v) is 7.44. The molecule has 1 aliphatic rings. The normalized spacial score (nSPS) is 14.5. The van der Waals surface area contributed by atoms with Gasteiger partial charge in [-0.3, -0.25) is 14.9 Å². The van der Waals surface area contributed by atoms with E-state index in [1.165, 1.54) is 12.1 Å². The van der Waals surface area contributed by atoms with Gasteiger partial charge >= 0.3 is 0 Å². The molecule has 6 nitrogen and oxygen atoms in total. The summed E-state index contributed by atoms with van der Waals surface area (Å²) in [4.78, 5) is 22.7. The predicted octanol–water partition coefficient (Wildman–Crippen LogP) is 4.06. The SMILES string of the molecule is COc1ccc(/C=C2/C(=O)Nc3cc(Cl)c([N+](=O)[O-])cc32)cc1C. The highest BCUT2D eigenvalue weighted by Crippen LogP contribution is 2.39. The van der Waals surface area contributed by atoms with Crippen LogP contribution >= 0.6 is 11.6 Å². The molecule has 1 aliphatic heterocycles. The van der Waals surface area contributed by atoms with Gasteiger partial charge in [0.25, 0.3) is 11.6 Å². The van der Waals surface area contributed by atoms with E-state index in [9.17, 15) is 14.9 Å². The lowest BCUT2D eigenvalue weighted by molar-refractivity contribution is -0.384. The molecule has 1 N–H and O–H groups in total. The zero-order chi connectivity index (χ0) is 17.4. The zero-order valence-corrected chi connectivity index (χ0v) is 13.7. The molecule has 0 aliphatic carbocycles. The topological polar surface area (TPSA) is 81.5 Å². The fourth-order valence-electron chi connectivity index (χ4n) is 2.64. The Kier molecular flexibility index (Phi) is 3.99. The van der Waals surface area contributed by atoms with Crippen molar-refractivity contribution in [3.8, 4) is 5.75 Å². The molecule has 1 heterocycles. The standard InChI is InChI=1S/C17H13ClN2O4/c1-9-5-10(3-4-16(9)24-2)6-12-11-7-15(20(22)23)13(18)8-14(11)19-17(12)21/h3-8H,1-2H3,(H,19,21)/b12-6+. The van der Waals surface area contributed by atoms with Crippen LogP contribution in [0.4, 0.5) is 11.4 Å². The fourth-order valence-corrected chi connectivity index (χ4v) is 2.87. The minimum Gasteiger partial charge on any atom is -0.496 e. The minimum atomic E-state index is -0.569. The maximum absolute atomic E-state index is 12.2. The summed E-state index contributed by atoms with van der Waals surface area (Å²) in [6.45, 7) is 1.90. The number of nitro groups is 1. The van der Waals surface area contributed by atoms with Crippen molar-refractivity contribution >= 4 is 40.5 Å². The number of rotatable bonds is 3. The van der Waals surface area contributed by atoms with Gasteiger partial charge in [-0.2, -0.15) is 0 Å². The number of benzene rings is 2. The third kappa shape index (κ3) is 2.72. The molecule has 0 atom stereocenters. The summed E-state index contributed by atoms with van der Waals surface area (Å²) in [5.74, 6) is 0.422. The Morgan fingerprint density at radius 3 is 2.67 bits per heavy atom. The van der Waals surface area contributed by atoms with Crippen LogP contribution in [0.25, 0.3) is 11.6 Å². The van der Waals surface area contributed by atoms with E-state index in [0.29, 0.717) is 16.8 Å². The Morgan fingerprint density at radius 1 is 1.29 bits per heavy atom. The van der Waals surface area contributed by atoms with Gasteiger partial charge in [0.05, 0.1) is 17.7 Å². The molecular formula is C17H13ClN2O4. The highest BCUT2D eigenvalue weighted by molar-refractivity contribution is 6.37. The first-order valence-electron chi connectivity index (χ1n) is 7.06. The number of ether oxygens (including phenoxy) is 1. The van der Waals surface area contributed by atoms with E-state index in [1.54, 1.807) is 19.3 Å². The van der Waals surface area contributed by atoms with Crippen molar-refractivity contribution in [1.29, 1.82) is 0 Å². The van der Waals surface area contributed by atoms with Gasteiger partial charge in [0.15, 0.2) is 0 Å². The number of aryl methyl sites for hydroxylation is 1.